The van der Waals surface area contributed by atoms with Crippen molar-refractivity contribution in [3.63, 3.8) is 0 Å². The highest BCUT2D eigenvalue weighted by molar-refractivity contribution is 7.36. The molecule has 1 aromatic rings. The number of anilines is 1. The lowest BCUT2D eigenvalue weighted by atomic mass is 9.97. The molecule has 0 radical (unpaired) electrons. The molecule has 4 heteroatoms. The second-order valence-electron chi connectivity index (χ2n) is 8.42. The number of nitrogens with zero attached hydrogens (tertiary/aromatic N) is 1. The van der Waals surface area contributed by atoms with Crippen LogP contribution in [0.2, 0.25) is 0 Å². The molecule has 0 N–H and O–H groups in total. The molecule has 0 aliphatic heterocycles. The molecule has 1 aromatic heterocycles. The molecule has 0 aromatic carbocycles. The first-order chi connectivity index (χ1) is 13.8. The maximum Gasteiger partial charge on any atom is 0.153 e. The molecular formula is C25H45NOP2. The molecule has 0 aliphatic carbocycles. The van der Waals surface area contributed by atoms with Gasteiger partial charge in [0, 0.05) is 24.6 Å². The Labute approximate surface area is 185 Å². The van der Waals surface area contributed by atoms with Gasteiger partial charge < -0.3 is 9.32 Å². The van der Waals surface area contributed by atoms with Gasteiger partial charge in [-0.05, 0) is 76.9 Å². The van der Waals surface area contributed by atoms with Crippen LogP contribution in [-0.2, 0) is 0 Å². The van der Waals surface area contributed by atoms with Crippen LogP contribution in [0.4, 0.5) is 5.69 Å². The first-order valence-electron chi connectivity index (χ1n) is 11.4. The summed E-state index contributed by atoms with van der Waals surface area (Å²) in [7, 11) is 4.03. The summed E-state index contributed by atoms with van der Waals surface area (Å²) >= 11 is 0. The highest BCUT2D eigenvalue weighted by atomic mass is 31.1. The van der Waals surface area contributed by atoms with Crippen molar-refractivity contribution >= 4 is 29.1 Å². The lowest BCUT2D eigenvalue weighted by Gasteiger charge is -2.27. The number of hydrogen-bond acceptors (Lipinski definition) is 2. The van der Waals surface area contributed by atoms with Gasteiger partial charge in [-0.25, -0.2) is 0 Å². The van der Waals surface area contributed by atoms with Crippen LogP contribution in [-0.4, -0.2) is 31.6 Å². The summed E-state index contributed by atoms with van der Waals surface area (Å²) in [6, 6.07) is 0. The molecule has 0 fully saturated rings. The van der Waals surface area contributed by atoms with Gasteiger partial charge in [-0.2, -0.15) is 0 Å². The van der Waals surface area contributed by atoms with Crippen LogP contribution in [0, 0.1) is 12.8 Å². The maximum absolute atomic E-state index is 6.60. The normalized spacial score (nSPS) is 16.1. The Morgan fingerprint density at radius 2 is 1.90 bits per heavy atom. The van der Waals surface area contributed by atoms with E-state index in [9.17, 15) is 0 Å². The first-order valence-corrected chi connectivity index (χ1v) is 13.7. The minimum Gasteiger partial charge on any atom is -0.458 e. The number of furan rings is 1. The second-order valence-corrected chi connectivity index (χ2v) is 10.7. The third-order valence-electron chi connectivity index (χ3n) is 5.80. The van der Waals surface area contributed by atoms with Gasteiger partial charge in [-0.1, -0.05) is 39.0 Å². The fraction of sp³-hybridized carbons (Fsp3) is 0.680. The van der Waals surface area contributed by atoms with Crippen LogP contribution >= 0.6 is 17.8 Å². The highest BCUT2D eigenvalue weighted by Gasteiger charge is 2.27. The average molecular weight is 438 g/mol. The second kappa shape index (κ2) is 13.7. The molecule has 0 aliphatic rings. The van der Waals surface area contributed by atoms with Gasteiger partial charge >= 0.3 is 0 Å². The summed E-state index contributed by atoms with van der Waals surface area (Å²) in [6.45, 7) is 20.1. The summed E-state index contributed by atoms with van der Waals surface area (Å²) in [5.41, 5.74) is 4.29. The van der Waals surface area contributed by atoms with Gasteiger partial charge in [0.1, 0.15) is 5.76 Å². The highest BCUT2D eigenvalue weighted by Crippen LogP contribution is 2.41. The van der Waals surface area contributed by atoms with E-state index in [2.05, 4.69) is 87.5 Å². The molecule has 166 valence electrons. The van der Waals surface area contributed by atoms with Crippen LogP contribution in [0.5, 0.6) is 0 Å². The molecule has 2 nitrogen and oxygen atoms in total. The Bertz CT molecular complexity index is 660. The van der Waals surface area contributed by atoms with Crippen molar-refractivity contribution in [3.05, 3.63) is 35.3 Å². The molecule has 0 spiro atoms. The van der Waals surface area contributed by atoms with Crippen molar-refractivity contribution in [2.75, 3.05) is 30.8 Å². The summed E-state index contributed by atoms with van der Waals surface area (Å²) in [4.78, 5) is 2.59. The number of rotatable bonds is 13. The van der Waals surface area contributed by atoms with Crippen molar-refractivity contribution in [2.24, 2.45) is 5.92 Å². The van der Waals surface area contributed by atoms with E-state index in [1.165, 1.54) is 35.8 Å². The summed E-state index contributed by atoms with van der Waals surface area (Å²) in [5, 5.41) is 0. The summed E-state index contributed by atoms with van der Waals surface area (Å²) in [5.74, 6) is 3.26. The molecule has 1 rings (SSSR count). The fourth-order valence-corrected chi connectivity index (χ4v) is 4.93. The predicted octanol–water partition coefficient (Wildman–Crippen LogP) is 7.88. The monoisotopic (exact) mass is 437 g/mol. The first kappa shape index (κ1) is 26.5. The third kappa shape index (κ3) is 7.56. The Kier molecular flexibility index (Phi) is 12.5. The van der Waals surface area contributed by atoms with E-state index in [1.807, 2.05) is 0 Å². The minimum atomic E-state index is 0.287. The largest absolute Gasteiger partial charge is 0.458 e. The van der Waals surface area contributed by atoms with Crippen molar-refractivity contribution in [1.82, 2.24) is 0 Å². The average Bonchev–Trinajstić information content (AvgIpc) is 3.03. The molecule has 0 saturated heterocycles. The molecule has 29 heavy (non-hydrogen) atoms. The quantitative estimate of drug-likeness (QED) is 0.230. The smallest absolute Gasteiger partial charge is 0.153 e. The summed E-state index contributed by atoms with van der Waals surface area (Å²) in [6.07, 6.45) is 11.7. The van der Waals surface area contributed by atoms with Gasteiger partial charge in [0.05, 0.1) is 5.69 Å². The lowest BCUT2D eigenvalue weighted by molar-refractivity contribution is 0.474. The van der Waals surface area contributed by atoms with E-state index in [4.69, 9.17) is 4.42 Å². The van der Waals surface area contributed by atoms with Gasteiger partial charge in [0.25, 0.3) is 0 Å². The van der Waals surface area contributed by atoms with Crippen molar-refractivity contribution < 1.29 is 4.42 Å². The van der Waals surface area contributed by atoms with E-state index in [1.54, 1.807) is 0 Å². The van der Waals surface area contributed by atoms with E-state index in [0.29, 0.717) is 5.66 Å². The Balaban J connectivity index is 3.35. The molecule has 0 amide bonds. The van der Waals surface area contributed by atoms with Gasteiger partial charge in [0.2, 0.25) is 0 Å². The maximum atomic E-state index is 6.60. The van der Waals surface area contributed by atoms with Crippen molar-refractivity contribution in [2.45, 2.75) is 79.3 Å². The van der Waals surface area contributed by atoms with Gasteiger partial charge in [-0.15, -0.1) is 17.8 Å². The molecule has 5 unspecified atom stereocenters. The van der Waals surface area contributed by atoms with E-state index in [-0.39, 0.29) is 5.92 Å². The van der Waals surface area contributed by atoms with Crippen LogP contribution in [0.3, 0.4) is 0 Å². The molecule has 0 saturated carbocycles. The molecular weight excluding hydrogens is 392 g/mol. The standard InChI is InChI=1S/C25H45NOP2/c1-9-12-22(21(7)28)25-20(6)23(24(27-25)19(5)11-3)26(15-10-2)16-13-18(4)14-17-29-8/h9,11-12,18,21-22,29H,10,13-17,28H2,1-8H3/b12-9-,19-11+. The molecule has 1 heterocycles. The zero-order valence-electron chi connectivity index (χ0n) is 20.1. The Hall–Kier alpha value is -0.580. The Morgan fingerprint density at radius 1 is 1.21 bits per heavy atom. The summed E-state index contributed by atoms with van der Waals surface area (Å²) < 4.78 is 6.60. The minimum absolute atomic E-state index is 0.287. The van der Waals surface area contributed by atoms with Crippen LogP contribution in [0.15, 0.2) is 22.6 Å². The van der Waals surface area contributed by atoms with Crippen LogP contribution < -0.4 is 4.90 Å². The number of hydrogen-bond donors (Lipinski definition) is 0. The molecule has 0 bridgehead atoms. The fourth-order valence-electron chi connectivity index (χ4n) is 3.84. The van der Waals surface area contributed by atoms with Crippen molar-refractivity contribution in [1.29, 1.82) is 0 Å². The zero-order chi connectivity index (χ0) is 22.0. The molecule has 5 atom stereocenters. The predicted molar refractivity (Wildman–Crippen MR) is 140 cm³/mol. The lowest BCUT2D eigenvalue weighted by Crippen LogP contribution is -2.27. The Morgan fingerprint density at radius 3 is 2.41 bits per heavy atom. The SMILES string of the molecule is C/C=C\C(c1oc(/C(C)=C/C)c(N(CCC)CCC(C)CCPC)c1C)C(C)P. The van der Waals surface area contributed by atoms with E-state index < -0.39 is 0 Å². The van der Waals surface area contributed by atoms with E-state index >= 15 is 0 Å². The van der Waals surface area contributed by atoms with Crippen LogP contribution in [0.25, 0.3) is 5.57 Å². The van der Waals surface area contributed by atoms with Crippen LogP contribution in [0.1, 0.15) is 83.8 Å². The van der Waals surface area contributed by atoms with E-state index in [0.717, 1.165) is 45.5 Å². The third-order valence-corrected chi connectivity index (χ3v) is 7.00. The number of allylic oxidation sites excluding steroid dienone is 4. The van der Waals surface area contributed by atoms with Crippen molar-refractivity contribution in [3.8, 4) is 0 Å². The zero-order valence-corrected chi connectivity index (χ0v) is 22.3. The van der Waals surface area contributed by atoms with Gasteiger partial charge in [0.15, 0.2) is 5.76 Å². The van der Waals surface area contributed by atoms with Gasteiger partial charge in [-0.3, -0.25) is 0 Å². The topological polar surface area (TPSA) is 16.4 Å².